The van der Waals surface area contributed by atoms with Gasteiger partial charge in [-0.25, -0.2) is 4.79 Å². The standard InChI is InChI=1S/C25H26N2O5/c1-3-9-22(24(30)27(14-4-2)15-23(28)29)26-25(31)32-16-21-19-12-7-5-10-17(19)18-11-6-8-13-20(18)21/h2,5-8,10-13,21-22H,3,9,14-16H2,1H3,(H,26,31)(H,28,29)/t22-/m0/s1. The van der Waals surface area contributed by atoms with Crippen molar-refractivity contribution in [3.63, 3.8) is 0 Å². The molecule has 0 radical (unpaired) electrons. The van der Waals surface area contributed by atoms with Gasteiger partial charge in [0.1, 0.15) is 19.2 Å². The van der Waals surface area contributed by atoms with E-state index in [0.29, 0.717) is 12.8 Å². The molecule has 0 heterocycles. The number of benzene rings is 2. The van der Waals surface area contributed by atoms with Gasteiger partial charge in [0.2, 0.25) is 5.91 Å². The minimum Gasteiger partial charge on any atom is -0.480 e. The lowest BCUT2D eigenvalue weighted by Gasteiger charge is -2.25. The summed E-state index contributed by atoms with van der Waals surface area (Å²) in [5, 5.41) is 11.6. The van der Waals surface area contributed by atoms with Gasteiger partial charge in [-0.3, -0.25) is 9.59 Å². The van der Waals surface area contributed by atoms with E-state index in [-0.39, 0.29) is 19.1 Å². The van der Waals surface area contributed by atoms with Gasteiger partial charge in [-0.2, -0.15) is 0 Å². The molecule has 0 bridgehead atoms. The maximum atomic E-state index is 12.8. The highest BCUT2D eigenvalue weighted by atomic mass is 16.5. The van der Waals surface area contributed by atoms with Gasteiger partial charge in [0.15, 0.2) is 0 Å². The predicted molar refractivity (Wildman–Crippen MR) is 120 cm³/mol. The number of alkyl carbamates (subject to hydrolysis) is 1. The smallest absolute Gasteiger partial charge is 0.407 e. The van der Waals surface area contributed by atoms with E-state index >= 15 is 0 Å². The van der Waals surface area contributed by atoms with Crippen LogP contribution in [0.4, 0.5) is 4.79 Å². The van der Waals surface area contributed by atoms with Crippen LogP contribution in [0.25, 0.3) is 11.1 Å². The van der Waals surface area contributed by atoms with E-state index in [0.717, 1.165) is 27.2 Å². The van der Waals surface area contributed by atoms with E-state index in [1.807, 2.05) is 55.5 Å². The number of amides is 2. The third-order valence-corrected chi connectivity index (χ3v) is 5.43. The first kappa shape index (κ1) is 22.9. The van der Waals surface area contributed by atoms with Crippen molar-refractivity contribution in [3.05, 3.63) is 59.7 Å². The van der Waals surface area contributed by atoms with Crippen molar-refractivity contribution >= 4 is 18.0 Å². The molecule has 2 amide bonds. The Bertz CT molecular complexity index is 997. The minimum atomic E-state index is -1.18. The fourth-order valence-electron chi connectivity index (χ4n) is 4.03. The van der Waals surface area contributed by atoms with E-state index in [4.69, 9.17) is 16.3 Å². The molecule has 0 saturated heterocycles. The van der Waals surface area contributed by atoms with Crippen molar-refractivity contribution in [1.29, 1.82) is 0 Å². The molecule has 0 saturated carbocycles. The first-order chi connectivity index (χ1) is 15.5. The zero-order valence-electron chi connectivity index (χ0n) is 17.9. The topological polar surface area (TPSA) is 95.9 Å². The van der Waals surface area contributed by atoms with Gasteiger partial charge in [-0.05, 0) is 28.7 Å². The number of carboxylic acid groups (broad SMARTS) is 1. The van der Waals surface area contributed by atoms with Crippen LogP contribution in [0.1, 0.15) is 36.8 Å². The zero-order valence-corrected chi connectivity index (χ0v) is 17.9. The molecule has 2 aromatic carbocycles. The summed E-state index contributed by atoms with van der Waals surface area (Å²) >= 11 is 0. The number of carbonyl (C=O) groups is 3. The number of ether oxygens (including phenoxy) is 1. The second-order valence-electron chi connectivity index (χ2n) is 7.60. The fraction of sp³-hybridized carbons (Fsp3) is 0.320. The summed E-state index contributed by atoms with van der Waals surface area (Å²) in [6, 6.07) is 15.1. The maximum absolute atomic E-state index is 12.8. The number of nitrogens with zero attached hydrogens (tertiary/aromatic N) is 1. The van der Waals surface area contributed by atoms with Crippen molar-refractivity contribution in [2.24, 2.45) is 0 Å². The van der Waals surface area contributed by atoms with E-state index in [2.05, 4.69) is 11.2 Å². The Kier molecular flexibility index (Phi) is 7.50. The van der Waals surface area contributed by atoms with E-state index in [1.165, 1.54) is 0 Å². The van der Waals surface area contributed by atoms with Gasteiger partial charge >= 0.3 is 12.1 Å². The lowest BCUT2D eigenvalue weighted by Crippen LogP contribution is -2.50. The summed E-state index contributed by atoms with van der Waals surface area (Å²) in [7, 11) is 0. The Morgan fingerprint density at radius 2 is 1.72 bits per heavy atom. The van der Waals surface area contributed by atoms with Crippen LogP contribution in [0, 0.1) is 12.3 Å². The Balaban J connectivity index is 1.68. The minimum absolute atomic E-state index is 0.0987. The van der Waals surface area contributed by atoms with Crippen LogP contribution >= 0.6 is 0 Å². The molecular weight excluding hydrogens is 408 g/mol. The van der Waals surface area contributed by atoms with Gasteiger partial charge in [0.25, 0.3) is 0 Å². The molecule has 7 nitrogen and oxygen atoms in total. The quantitative estimate of drug-likeness (QED) is 0.591. The highest BCUT2D eigenvalue weighted by molar-refractivity contribution is 5.88. The number of hydrogen-bond donors (Lipinski definition) is 2. The van der Waals surface area contributed by atoms with E-state index < -0.39 is 30.6 Å². The zero-order chi connectivity index (χ0) is 23.1. The van der Waals surface area contributed by atoms with Gasteiger partial charge < -0.3 is 20.1 Å². The average Bonchev–Trinajstić information content (AvgIpc) is 3.10. The van der Waals surface area contributed by atoms with Crippen LogP contribution in [-0.2, 0) is 14.3 Å². The first-order valence-electron chi connectivity index (χ1n) is 10.5. The van der Waals surface area contributed by atoms with Crippen LogP contribution in [0.5, 0.6) is 0 Å². The summed E-state index contributed by atoms with van der Waals surface area (Å²) in [6.07, 6.45) is 5.48. The number of carbonyl (C=O) groups excluding carboxylic acids is 2. The number of nitrogens with one attached hydrogen (secondary N) is 1. The first-order valence-corrected chi connectivity index (χ1v) is 10.5. The second kappa shape index (κ2) is 10.5. The van der Waals surface area contributed by atoms with Crippen molar-refractivity contribution in [3.8, 4) is 23.5 Å². The van der Waals surface area contributed by atoms with Crippen molar-refractivity contribution in [1.82, 2.24) is 10.2 Å². The normalized spacial score (nSPS) is 12.8. The molecule has 0 fully saturated rings. The predicted octanol–water partition coefficient (Wildman–Crippen LogP) is 3.24. The lowest BCUT2D eigenvalue weighted by molar-refractivity contribution is -0.144. The largest absolute Gasteiger partial charge is 0.480 e. The second-order valence-corrected chi connectivity index (χ2v) is 7.60. The number of aliphatic carboxylic acids is 1. The van der Waals surface area contributed by atoms with Crippen LogP contribution in [0.2, 0.25) is 0 Å². The van der Waals surface area contributed by atoms with Crippen LogP contribution in [0.3, 0.4) is 0 Å². The Morgan fingerprint density at radius 3 is 2.25 bits per heavy atom. The highest BCUT2D eigenvalue weighted by Gasteiger charge is 2.30. The third kappa shape index (κ3) is 5.09. The SMILES string of the molecule is C#CCN(CC(=O)O)C(=O)[C@H](CCC)NC(=O)OCC1c2ccccc2-c2ccccc21. The van der Waals surface area contributed by atoms with E-state index in [9.17, 15) is 14.4 Å². The monoisotopic (exact) mass is 434 g/mol. The Morgan fingerprint density at radius 1 is 1.12 bits per heavy atom. The molecule has 1 aliphatic carbocycles. The van der Waals surface area contributed by atoms with Crippen LogP contribution in [-0.4, -0.2) is 53.7 Å². The molecule has 1 aliphatic rings. The highest BCUT2D eigenvalue weighted by Crippen LogP contribution is 2.44. The number of terminal acetylenes is 1. The average molecular weight is 434 g/mol. The van der Waals surface area contributed by atoms with Gasteiger partial charge in [-0.15, -0.1) is 6.42 Å². The van der Waals surface area contributed by atoms with Crippen molar-refractivity contribution in [2.45, 2.75) is 31.7 Å². The number of hydrogen-bond acceptors (Lipinski definition) is 4. The molecule has 32 heavy (non-hydrogen) atoms. The number of fused-ring (bicyclic) bond motifs is 3. The van der Waals surface area contributed by atoms with Gasteiger partial charge in [-0.1, -0.05) is 67.8 Å². The molecule has 2 aromatic rings. The molecule has 2 N–H and O–H groups in total. The maximum Gasteiger partial charge on any atom is 0.407 e. The molecule has 7 heteroatoms. The molecule has 1 atom stereocenters. The lowest BCUT2D eigenvalue weighted by atomic mass is 9.98. The Hall–Kier alpha value is -3.79. The summed E-state index contributed by atoms with van der Waals surface area (Å²) in [6.45, 7) is 1.30. The molecule has 0 aliphatic heterocycles. The summed E-state index contributed by atoms with van der Waals surface area (Å²) < 4.78 is 5.51. The van der Waals surface area contributed by atoms with E-state index in [1.54, 1.807) is 0 Å². The van der Waals surface area contributed by atoms with Crippen LogP contribution < -0.4 is 5.32 Å². The third-order valence-electron chi connectivity index (χ3n) is 5.43. The Labute approximate surface area is 187 Å². The van der Waals surface area contributed by atoms with Crippen molar-refractivity contribution in [2.75, 3.05) is 19.7 Å². The summed E-state index contributed by atoms with van der Waals surface area (Å²) in [5.41, 5.74) is 4.41. The van der Waals surface area contributed by atoms with Gasteiger partial charge in [0.05, 0.1) is 6.54 Å². The van der Waals surface area contributed by atoms with Gasteiger partial charge in [0, 0.05) is 5.92 Å². The molecule has 3 rings (SSSR count). The van der Waals surface area contributed by atoms with Crippen LogP contribution in [0.15, 0.2) is 48.5 Å². The molecule has 166 valence electrons. The molecule has 0 aromatic heterocycles. The van der Waals surface area contributed by atoms with Crippen molar-refractivity contribution < 1.29 is 24.2 Å². The number of carboxylic acids is 1. The fourth-order valence-corrected chi connectivity index (χ4v) is 4.03. The summed E-state index contributed by atoms with van der Waals surface area (Å²) in [4.78, 5) is 37.4. The molecule has 0 spiro atoms. The number of rotatable bonds is 9. The molecule has 0 unspecified atom stereocenters. The molecular formula is C25H26N2O5. The summed E-state index contributed by atoms with van der Waals surface area (Å²) in [5.74, 6) is 0.468.